The Hall–Kier alpha value is -1.05. The maximum atomic E-state index is 10.4. The van der Waals surface area contributed by atoms with Crippen LogP contribution in [0.2, 0.25) is 0 Å². The Morgan fingerprint density at radius 1 is 0.571 bits per heavy atom. The quantitative estimate of drug-likeness (QED) is 0.147. The topological polar surface area (TPSA) is 37.3 Å². The van der Waals surface area contributed by atoms with E-state index >= 15 is 0 Å². The van der Waals surface area contributed by atoms with Gasteiger partial charge in [-0.1, -0.05) is 121 Å². The number of aliphatic carboxylic acids is 1. The summed E-state index contributed by atoms with van der Waals surface area (Å²) in [6.07, 6.45) is 34.1. The van der Waals surface area contributed by atoms with E-state index in [2.05, 4.69) is 31.2 Å². The molecular weight excluding hydrogens is 344 g/mol. The summed E-state index contributed by atoms with van der Waals surface area (Å²) < 4.78 is 0. The predicted molar refractivity (Wildman–Crippen MR) is 124 cm³/mol. The third-order valence-electron chi connectivity index (χ3n) is 5.32. The minimum Gasteiger partial charge on any atom is -0.481 e. The summed E-state index contributed by atoms with van der Waals surface area (Å²) in [4.78, 5) is 10.4. The van der Waals surface area contributed by atoms with Crippen LogP contribution in [0.1, 0.15) is 135 Å². The Labute approximate surface area is 175 Å². The van der Waals surface area contributed by atoms with Crippen LogP contribution in [0.5, 0.6) is 0 Å². The summed E-state index contributed by atoms with van der Waals surface area (Å²) in [6.45, 7) is 2.22. The molecule has 0 saturated carbocycles. The summed E-state index contributed by atoms with van der Waals surface area (Å²) in [7, 11) is 0. The van der Waals surface area contributed by atoms with Crippen LogP contribution in [0.4, 0.5) is 0 Å². The highest BCUT2D eigenvalue weighted by Crippen LogP contribution is 2.14. The van der Waals surface area contributed by atoms with Crippen LogP contribution >= 0.6 is 0 Å². The molecule has 0 radical (unpaired) electrons. The van der Waals surface area contributed by atoms with E-state index < -0.39 is 5.97 Å². The van der Waals surface area contributed by atoms with E-state index in [9.17, 15) is 4.79 Å². The molecule has 0 fully saturated rings. The van der Waals surface area contributed by atoms with Gasteiger partial charge in [-0.3, -0.25) is 4.79 Å². The molecule has 0 amide bonds. The van der Waals surface area contributed by atoms with Crippen LogP contribution in [-0.4, -0.2) is 11.1 Å². The van der Waals surface area contributed by atoms with Gasteiger partial charge in [-0.25, -0.2) is 0 Å². The minimum atomic E-state index is -0.654. The first-order chi connectivity index (χ1) is 13.8. The minimum absolute atomic E-state index is 0.341. The molecule has 0 aliphatic heterocycles. The molecule has 28 heavy (non-hydrogen) atoms. The average molecular weight is 393 g/mol. The van der Waals surface area contributed by atoms with Gasteiger partial charge in [0.2, 0.25) is 0 Å². The molecule has 0 rings (SSSR count). The number of hydrogen-bond acceptors (Lipinski definition) is 1. The van der Waals surface area contributed by atoms with Gasteiger partial charge in [0.15, 0.2) is 0 Å². The van der Waals surface area contributed by atoms with E-state index in [1.807, 2.05) is 0 Å². The van der Waals surface area contributed by atoms with Crippen LogP contribution in [0.15, 0.2) is 24.3 Å². The fourth-order valence-corrected chi connectivity index (χ4v) is 3.51. The first-order valence-corrected chi connectivity index (χ1v) is 12.3. The Bertz CT molecular complexity index is 371. The molecule has 0 saturated heterocycles. The molecule has 0 aromatic rings. The summed E-state index contributed by atoms with van der Waals surface area (Å²) in [6, 6.07) is 0. The second kappa shape index (κ2) is 24.0. The summed E-state index contributed by atoms with van der Waals surface area (Å²) >= 11 is 0. The molecule has 1 N–H and O–H groups in total. The lowest BCUT2D eigenvalue weighted by Crippen LogP contribution is -1.93. The van der Waals surface area contributed by atoms with E-state index in [0.717, 1.165) is 19.3 Å². The first kappa shape index (κ1) is 27.0. The summed E-state index contributed by atoms with van der Waals surface area (Å²) in [5, 5.41) is 8.58. The summed E-state index contributed by atoms with van der Waals surface area (Å²) in [5.74, 6) is -0.654. The van der Waals surface area contributed by atoms with Crippen molar-refractivity contribution in [3.8, 4) is 0 Å². The van der Waals surface area contributed by atoms with Crippen molar-refractivity contribution >= 4 is 5.97 Å². The number of rotatable bonds is 22. The lowest BCUT2D eigenvalue weighted by atomic mass is 10.0. The van der Waals surface area contributed by atoms with E-state index in [0.29, 0.717) is 6.42 Å². The molecule has 2 nitrogen and oxygen atoms in total. The lowest BCUT2D eigenvalue weighted by Gasteiger charge is -2.03. The largest absolute Gasteiger partial charge is 0.481 e. The standard InChI is InChI=1S/C26H48O2/c1-2-3-4-5-6-7-8-9-10-11-12-13-14-15-16-17-18-19-20-21-22-23-24-25-26(27)28/h4-5,7-8H,2-3,6,9-25H2,1H3,(H,27,28). The Morgan fingerprint density at radius 2 is 0.964 bits per heavy atom. The van der Waals surface area contributed by atoms with Gasteiger partial charge in [-0.2, -0.15) is 0 Å². The van der Waals surface area contributed by atoms with Gasteiger partial charge < -0.3 is 5.11 Å². The van der Waals surface area contributed by atoms with Gasteiger partial charge in [0.05, 0.1) is 0 Å². The zero-order valence-electron chi connectivity index (χ0n) is 18.8. The van der Waals surface area contributed by atoms with Gasteiger partial charge in [-0.15, -0.1) is 0 Å². The number of carbonyl (C=O) groups is 1. The molecule has 0 unspecified atom stereocenters. The number of carboxylic acid groups (broad SMARTS) is 1. The SMILES string of the molecule is CCCC=CCC=CCCCCCCCCCCCCCCCCCC(=O)O. The Kier molecular flexibility index (Phi) is 23.1. The van der Waals surface area contributed by atoms with Crippen molar-refractivity contribution in [1.82, 2.24) is 0 Å². The Balaban J connectivity index is 3.08. The predicted octanol–water partition coefficient (Wildman–Crippen LogP) is 9.01. The van der Waals surface area contributed by atoms with Gasteiger partial charge in [0.25, 0.3) is 0 Å². The van der Waals surface area contributed by atoms with Crippen molar-refractivity contribution in [2.24, 2.45) is 0 Å². The van der Waals surface area contributed by atoms with Crippen molar-refractivity contribution in [3.63, 3.8) is 0 Å². The molecule has 164 valence electrons. The molecule has 0 aromatic carbocycles. The monoisotopic (exact) mass is 392 g/mol. The van der Waals surface area contributed by atoms with Gasteiger partial charge in [-0.05, 0) is 32.1 Å². The van der Waals surface area contributed by atoms with Crippen LogP contribution in [0.25, 0.3) is 0 Å². The molecule has 0 heterocycles. The highest BCUT2D eigenvalue weighted by Gasteiger charge is 1.97. The number of carboxylic acids is 1. The van der Waals surface area contributed by atoms with Gasteiger partial charge in [0, 0.05) is 6.42 Å². The van der Waals surface area contributed by atoms with E-state index in [1.165, 1.54) is 103 Å². The maximum absolute atomic E-state index is 10.4. The average Bonchev–Trinajstić information content (AvgIpc) is 2.68. The normalized spacial score (nSPS) is 11.8. The van der Waals surface area contributed by atoms with Crippen molar-refractivity contribution in [3.05, 3.63) is 24.3 Å². The first-order valence-electron chi connectivity index (χ1n) is 12.3. The highest BCUT2D eigenvalue weighted by atomic mass is 16.4. The van der Waals surface area contributed by atoms with Gasteiger partial charge in [0.1, 0.15) is 0 Å². The molecule has 0 bridgehead atoms. The smallest absolute Gasteiger partial charge is 0.303 e. The fourth-order valence-electron chi connectivity index (χ4n) is 3.51. The second-order valence-corrected chi connectivity index (χ2v) is 8.20. The zero-order chi connectivity index (χ0) is 20.5. The van der Waals surface area contributed by atoms with Crippen LogP contribution in [0.3, 0.4) is 0 Å². The van der Waals surface area contributed by atoms with Crippen molar-refractivity contribution in [2.45, 2.75) is 135 Å². The van der Waals surface area contributed by atoms with E-state index in [-0.39, 0.29) is 0 Å². The number of allylic oxidation sites excluding steroid dienone is 4. The Morgan fingerprint density at radius 3 is 1.39 bits per heavy atom. The van der Waals surface area contributed by atoms with Gasteiger partial charge >= 0.3 is 5.97 Å². The molecular formula is C26H48O2. The molecule has 0 aliphatic carbocycles. The van der Waals surface area contributed by atoms with Crippen molar-refractivity contribution in [2.75, 3.05) is 0 Å². The summed E-state index contributed by atoms with van der Waals surface area (Å²) in [5.41, 5.74) is 0. The molecule has 0 atom stereocenters. The van der Waals surface area contributed by atoms with Crippen molar-refractivity contribution in [1.29, 1.82) is 0 Å². The highest BCUT2D eigenvalue weighted by molar-refractivity contribution is 5.66. The maximum Gasteiger partial charge on any atom is 0.303 e. The zero-order valence-corrected chi connectivity index (χ0v) is 18.8. The fraction of sp³-hybridized carbons (Fsp3) is 0.808. The number of unbranched alkanes of at least 4 members (excludes halogenated alkanes) is 16. The molecule has 0 spiro atoms. The number of hydrogen-bond donors (Lipinski definition) is 1. The molecule has 0 aromatic heterocycles. The van der Waals surface area contributed by atoms with Crippen molar-refractivity contribution < 1.29 is 9.90 Å². The lowest BCUT2D eigenvalue weighted by molar-refractivity contribution is -0.137. The third kappa shape index (κ3) is 24.9. The van der Waals surface area contributed by atoms with Crippen LogP contribution in [-0.2, 0) is 4.79 Å². The molecule has 0 aliphatic rings. The van der Waals surface area contributed by atoms with Crippen LogP contribution < -0.4 is 0 Å². The van der Waals surface area contributed by atoms with E-state index in [1.54, 1.807) is 0 Å². The third-order valence-corrected chi connectivity index (χ3v) is 5.32. The van der Waals surface area contributed by atoms with E-state index in [4.69, 9.17) is 5.11 Å². The van der Waals surface area contributed by atoms with Crippen LogP contribution in [0, 0.1) is 0 Å². The second-order valence-electron chi connectivity index (χ2n) is 8.20. The molecule has 2 heteroatoms.